The van der Waals surface area contributed by atoms with Gasteiger partial charge < -0.3 is 66.9 Å². The lowest BCUT2D eigenvalue weighted by atomic mass is 9.94. The van der Waals surface area contributed by atoms with Gasteiger partial charge in [0.1, 0.15) is 43.1 Å². The molecule has 0 spiro atoms. The Balaban J connectivity index is 2.34. The van der Waals surface area contributed by atoms with Gasteiger partial charge >= 0.3 is 47.8 Å². The number of nitriles is 1. The van der Waals surface area contributed by atoms with Gasteiger partial charge in [0.15, 0.2) is 49.2 Å². The molecule has 0 aromatic rings. The van der Waals surface area contributed by atoms with E-state index >= 15 is 0 Å². The molecule has 3 rings (SSSR count). The van der Waals surface area contributed by atoms with E-state index in [1.54, 1.807) is 0 Å². The Hall–Kier alpha value is -5.13. The van der Waals surface area contributed by atoms with Crippen LogP contribution in [0.5, 0.6) is 0 Å². The van der Waals surface area contributed by atoms with Gasteiger partial charge in [-0.2, -0.15) is 5.26 Å². The first kappa shape index (κ1) is 52.2. The Bertz CT molecular complexity index is 1740. The number of carbonyl (C=O) groups is 9. The molecule has 0 aliphatic carbocycles. The average Bonchev–Trinajstić information content (AvgIpc) is 3.15. The Morgan fingerprint density at radius 2 is 0.905 bits per heavy atom. The molecule has 1 N–H and O–H groups in total. The second-order valence-electron chi connectivity index (χ2n) is 14.2. The van der Waals surface area contributed by atoms with E-state index in [4.69, 9.17) is 61.6 Å². The first-order valence-corrected chi connectivity index (χ1v) is 20.4. The van der Waals surface area contributed by atoms with Crippen molar-refractivity contribution >= 4 is 65.4 Å². The van der Waals surface area contributed by atoms with E-state index in [-0.39, 0.29) is 5.75 Å². The third kappa shape index (κ3) is 15.6. The summed E-state index contributed by atoms with van der Waals surface area (Å²) in [6.45, 7) is 9.65. The van der Waals surface area contributed by atoms with Crippen molar-refractivity contribution in [1.29, 1.82) is 5.26 Å². The van der Waals surface area contributed by atoms with Gasteiger partial charge in [0.2, 0.25) is 5.91 Å². The van der Waals surface area contributed by atoms with E-state index in [9.17, 15) is 48.4 Å². The van der Waals surface area contributed by atoms with Crippen LogP contribution in [0.4, 0.5) is 0 Å². The maximum atomic E-state index is 12.9. The molecular formula is C38H52N2O22S. The van der Waals surface area contributed by atoms with Crippen molar-refractivity contribution < 1.29 is 105 Å². The highest BCUT2D eigenvalue weighted by atomic mass is 32.2. The minimum atomic E-state index is -1.91. The molecule has 3 saturated heterocycles. The quantitative estimate of drug-likeness (QED) is 0.141. The molecule has 0 radical (unpaired) electrons. The molecule has 0 aromatic carbocycles. The van der Waals surface area contributed by atoms with Gasteiger partial charge in [0.05, 0.1) is 24.0 Å². The van der Waals surface area contributed by atoms with E-state index in [0.717, 1.165) is 74.1 Å². The van der Waals surface area contributed by atoms with Crippen molar-refractivity contribution in [3.05, 3.63) is 0 Å². The van der Waals surface area contributed by atoms with Gasteiger partial charge in [-0.25, -0.2) is 0 Å². The lowest BCUT2D eigenvalue weighted by molar-refractivity contribution is -0.359. The minimum Gasteiger partial charge on any atom is -0.463 e. The predicted molar refractivity (Wildman–Crippen MR) is 204 cm³/mol. The summed E-state index contributed by atoms with van der Waals surface area (Å²) in [4.78, 5) is 112. The largest absolute Gasteiger partial charge is 0.463 e. The predicted octanol–water partition coefficient (Wildman–Crippen LogP) is -0.571. The van der Waals surface area contributed by atoms with Crippen LogP contribution < -0.4 is 5.32 Å². The highest BCUT2D eigenvalue weighted by molar-refractivity contribution is 8.00. The maximum Gasteiger partial charge on any atom is 0.303 e. The first-order valence-electron chi connectivity index (χ1n) is 19.4. The molecular weight excluding hydrogens is 868 g/mol. The number of nitrogens with zero attached hydrogens (tertiary/aromatic N) is 1. The zero-order valence-corrected chi connectivity index (χ0v) is 36.9. The fourth-order valence-electron chi connectivity index (χ4n) is 6.90. The van der Waals surface area contributed by atoms with E-state index < -0.39 is 158 Å². The smallest absolute Gasteiger partial charge is 0.303 e. The molecule has 0 aromatic heterocycles. The van der Waals surface area contributed by atoms with Gasteiger partial charge in [0.25, 0.3) is 0 Å². The van der Waals surface area contributed by atoms with E-state index in [1.807, 2.05) is 6.07 Å². The molecule has 0 bridgehead atoms. The molecule has 352 valence electrons. The molecule has 15 unspecified atom stereocenters. The second-order valence-corrected chi connectivity index (χ2v) is 15.3. The third-order valence-electron chi connectivity index (χ3n) is 8.94. The number of amides is 1. The molecule has 0 saturated carbocycles. The van der Waals surface area contributed by atoms with Crippen LogP contribution in [-0.2, 0) is 105 Å². The highest BCUT2D eigenvalue weighted by Crippen LogP contribution is 2.39. The standard InChI is InChI=1S/C38H52N2O22S/c1-15-28(53-19(5)44)32(55-21(7)46)34(57-23(9)48)36(52-15)62-31-27(40-16(2)41)38(63-12-11-39)60-26(14-51-18(4)43)29(31)61-37-35(58-24(10)49)33(56-22(8)47)30(54-20(6)45)25(59-37)13-50-17(3)42/h15,25-38H,12-14H2,1-10H3,(H,40,41). The SMILES string of the molecule is CC(=O)NC1C(SCC#N)OC(COC(C)=O)C(OC2OC(COC(C)=O)C(OC(C)=O)C(OC(C)=O)C2OC(C)=O)C1OC1OC(C)C(OC(C)=O)C(OC(C)=O)C1OC(C)=O. The second kappa shape index (κ2) is 24.1. The number of rotatable bonds is 17. The van der Waals surface area contributed by atoms with Gasteiger partial charge in [-0.05, 0) is 6.92 Å². The molecule has 63 heavy (non-hydrogen) atoms. The summed E-state index contributed by atoms with van der Waals surface area (Å²) in [5.41, 5.74) is -1.22. The van der Waals surface area contributed by atoms with Crippen LogP contribution >= 0.6 is 11.8 Å². The van der Waals surface area contributed by atoms with Crippen LogP contribution in [0, 0.1) is 11.3 Å². The molecule has 15 atom stereocenters. The summed E-state index contributed by atoms with van der Waals surface area (Å²) in [7, 11) is 0. The van der Waals surface area contributed by atoms with Crippen molar-refractivity contribution in [2.45, 2.75) is 160 Å². The lowest BCUT2D eigenvalue weighted by Crippen LogP contribution is -2.70. The van der Waals surface area contributed by atoms with Gasteiger partial charge in [0, 0.05) is 62.3 Å². The average molecular weight is 921 g/mol. The molecule has 3 fully saturated rings. The minimum absolute atomic E-state index is 0.232. The van der Waals surface area contributed by atoms with Crippen LogP contribution in [0.3, 0.4) is 0 Å². The van der Waals surface area contributed by atoms with Gasteiger partial charge in [-0.15, -0.1) is 11.8 Å². The van der Waals surface area contributed by atoms with Crippen molar-refractivity contribution in [3.8, 4) is 6.07 Å². The number of hydrogen-bond acceptors (Lipinski definition) is 24. The number of esters is 8. The zero-order valence-electron chi connectivity index (χ0n) is 36.1. The maximum absolute atomic E-state index is 12.9. The molecule has 24 nitrogen and oxygen atoms in total. The van der Waals surface area contributed by atoms with Crippen molar-refractivity contribution in [2.75, 3.05) is 19.0 Å². The molecule has 3 aliphatic heterocycles. The van der Waals surface area contributed by atoms with Gasteiger partial charge in [-0.3, -0.25) is 43.2 Å². The van der Waals surface area contributed by atoms with Crippen LogP contribution in [0.1, 0.15) is 69.2 Å². The van der Waals surface area contributed by atoms with Crippen molar-refractivity contribution in [2.24, 2.45) is 0 Å². The normalized spacial score (nSPS) is 32.6. The fraction of sp³-hybridized carbons (Fsp3) is 0.737. The highest BCUT2D eigenvalue weighted by Gasteiger charge is 2.59. The fourth-order valence-corrected chi connectivity index (χ4v) is 7.79. The summed E-state index contributed by atoms with van der Waals surface area (Å²) < 4.78 is 75.5. The van der Waals surface area contributed by atoms with E-state index in [2.05, 4.69) is 5.32 Å². The third-order valence-corrected chi connectivity index (χ3v) is 9.97. The molecule has 3 heterocycles. The number of carbonyl (C=O) groups excluding carboxylic acids is 9. The molecule has 25 heteroatoms. The number of nitrogens with one attached hydrogen (secondary N) is 1. The number of ether oxygens (including phenoxy) is 13. The summed E-state index contributed by atoms with van der Waals surface area (Å²) in [6, 6.07) is 0.577. The van der Waals surface area contributed by atoms with Crippen LogP contribution in [0.15, 0.2) is 0 Å². The summed E-state index contributed by atoms with van der Waals surface area (Å²) in [6.07, 6.45) is -20.9. The van der Waals surface area contributed by atoms with Crippen LogP contribution in [0.2, 0.25) is 0 Å². The van der Waals surface area contributed by atoms with Crippen molar-refractivity contribution in [3.63, 3.8) is 0 Å². The molecule has 3 aliphatic rings. The van der Waals surface area contributed by atoms with Crippen LogP contribution in [0.25, 0.3) is 0 Å². The summed E-state index contributed by atoms with van der Waals surface area (Å²) in [5, 5.41) is 12.3. The monoisotopic (exact) mass is 920 g/mol. The lowest BCUT2D eigenvalue weighted by Gasteiger charge is -2.51. The summed E-state index contributed by atoms with van der Waals surface area (Å²) in [5.74, 6) is -7.97. The van der Waals surface area contributed by atoms with E-state index in [0.29, 0.717) is 0 Å². The topological polar surface area (TPSA) is 309 Å². The number of thioether (sulfide) groups is 1. The molecule has 1 amide bonds. The van der Waals surface area contributed by atoms with Crippen LogP contribution in [-0.4, -0.2) is 164 Å². The Labute approximate surface area is 365 Å². The Morgan fingerprint density at radius 3 is 1.35 bits per heavy atom. The Kier molecular flexibility index (Phi) is 20.0. The number of hydrogen-bond donors (Lipinski definition) is 1. The van der Waals surface area contributed by atoms with Crippen molar-refractivity contribution in [1.82, 2.24) is 5.32 Å². The first-order chi connectivity index (χ1) is 29.5. The Morgan fingerprint density at radius 1 is 0.508 bits per heavy atom. The zero-order chi connectivity index (χ0) is 47.3. The van der Waals surface area contributed by atoms with Gasteiger partial charge in [-0.1, -0.05) is 0 Å². The van der Waals surface area contributed by atoms with E-state index in [1.165, 1.54) is 6.92 Å². The summed E-state index contributed by atoms with van der Waals surface area (Å²) >= 11 is 0.877.